The molecule has 0 amide bonds. The lowest BCUT2D eigenvalue weighted by Gasteiger charge is -2.15. The maximum atomic E-state index is 11.4. The number of hydrogen-bond donors (Lipinski definition) is 0. The molecule has 94 valence electrons. The van der Waals surface area contributed by atoms with Crippen LogP contribution >= 0.6 is 23.3 Å². The highest BCUT2D eigenvalue weighted by atomic mass is 32.2. The lowest BCUT2D eigenvalue weighted by atomic mass is 10.2. The van der Waals surface area contributed by atoms with E-state index in [1.54, 1.807) is 18.9 Å². The average molecular weight is 270 g/mol. The van der Waals surface area contributed by atoms with E-state index in [4.69, 9.17) is 0 Å². The summed E-state index contributed by atoms with van der Waals surface area (Å²) >= 11 is 3.25. The zero-order valence-corrected chi connectivity index (χ0v) is 12.0. The molecule has 2 rings (SSSR count). The Balaban J connectivity index is 2.02. The molecule has 0 unspecified atom stereocenters. The van der Waals surface area contributed by atoms with Crippen LogP contribution < -0.4 is 0 Å². The van der Waals surface area contributed by atoms with Gasteiger partial charge in [0.05, 0.1) is 10.6 Å². The van der Waals surface area contributed by atoms with Crippen LogP contribution in [0.1, 0.15) is 48.0 Å². The summed E-state index contributed by atoms with van der Waals surface area (Å²) in [5, 5.41) is 0. The van der Waals surface area contributed by atoms with Crippen molar-refractivity contribution in [2.24, 2.45) is 0 Å². The first-order valence-electron chi connectivity index (χ1n) is 6.08. The lowest BCUT2D eigenvalue weighted by molar-refractivity contribution is 0.102. The molecule has 0 saturated carbocycles. The van der Waals surface area contributed by atoms with Gasteiger partial charge in [0.2, 0.25) is 0 Å². The number of aromatic nitrogens is 1. The van der Waals surface area contributed by atoms with Crippen molar-refractivity contribution in [2.75, 3.05) is 13.1 Å². The second-order valence-electron chi connectivity index (χ2n) is 4.39. The molecule has 1 aliphatic heterocycles. The molecule has 2 heterocycles. The monoisotopic (exact) mass is 270 g/mol. The topological polar surface area (TPSA) is 33.2 Å². The molecule has 1 aromatic heterocycles. The Morgan fingerprint density at radius 3 is 2.47 bits per heavy atom. The van der Waals surface area contributed by atoms with Crippen molar-refractivity contribution in [3.05, 3.63) is 10.6 Å². The van der Waals surface area contributed by atoms with Gasteiger partial charge in [0, 0.05) is 20.0 Å². The summed E-state index contributed by atoms with van der Waals surface area (Å²) in [4.78, 5) is 16.7. The highest BCUT2D eigenvalue weighted by Gasteiger charge is 2.16. The van der Waals surface area contributed by atoms with Crippen LogP contribution in [0.5, 0.6) is 0 Å². The first kappa shape index (κ1) is 13.1. The van der Waals surface area contributed by atoms with Gasteiger partial charge in [-0.1, -0.05) is 12.8 Å². The minimum atomic E-state index is 0.128. The SMILES string of the molecule is CC(=O)c1sc(SN2CCCCCC2)nc1C. The minimum Gasteiger partial charge on any atom is -0.294 e. The van der Waals surface area contributed by atoms with Crippen molar-refractivity contribution in [3.63, 3.8) is 0 Å². The van der Waals surface area contributed by atoms with E-state index < -0.39 is 0 Å². The zero-order chi connectivity index (χ0) is 12.3. The molecule has 1 saturated heterocycles. The molecule has 17 heavy (non-hydrogen) atoms. The summed E-state index contributed by atoms with van der Waals surface area (Å²) in [6, 6.07) is 0. The average Bonchev–Trinajstić information content (AvgIpc) is 2.50. The van der Waals surface area contributed by atoms with E-state index >= 15 is 0 Å². The fourth-order valence-corrected chi connectivity index (χ4v) is 4.23. The van der Waals surface area contributed by atoms with Crippen molar-refractivity contribution in [2.45, 2.75) is 43.9 Å². The van der Waals surface area contributed by atoms with E-state index in [9.17, 15) is 4.79 Å². The molecule has 0 aliphatic carbocycles. The normalized spacial score (nSPS) is 18.0. The van der Waals surface area contributed by atoms with Crippen LogP contribution in [0.3, 0.4) is 0 Å². The van der Waals surface area contributed by atoms with E-state index in [0.29, 0.717) is 0 Å². The number of Topliss-reactive ketones (excluding diaryl/α,β-unsaturated/α-hetero) is 1. The highest BCUT2D eigenvalue weighted by molar-refractivity contribution is 7.98. The molecule has 0 N–H and O–H groups in total. The number of hydrogen-bond acceptors (Lipinski definition) is 5. The second kappa shape index (κ2) is 5.98. The van der Waals surface area contributed by atoms with Crippen LogP contribution in [0, 0.1) is 6.92 Å². The molecule has 0 spiro atoms. The van der Waals surface area contributed by atoms with Gasteiger partial charge in [0.25, 0.3) is 0 Å². The molecule has 0 bridgehead atoms. The van der Waals surface area contributed by atoms with Gasteiger partial charge in [-0.15, -0.1) is 11.3 Å². The maximum Gasteiger partial charge on any atom is 0.171 e. The van der Waals surface area contributed by atoms with Gasteiger partial charge >= 0.3 is 0 Å². The van der Waals surface area contributed by atoms with Crippen molar-refractivity contribution in [1.82, 2.24) is 9.29 Å². The Morgan fingerprint density at radius 2 is 1.94 bits per heavy atom. The Bertz CT molecular complexity index is 395. The quantitative estimate of drug-likeness (QED) is 0.621. The predicted octanol–water partition coefficient (Wildman–Crippen LogP) is 3.54. The zero-order valence-electron chi connectivity index (χ0n) is 10.4. The summed E-state index contributed by atoms with van der Waals surface area (Å²) in [5.41, 5.74) is 0.875. The first-order chi connectivity index (χ1) is 8.16. The van der Waals surface area contributed by atoms with Gasteiger partial charge in [-0.2, -0.15) is 0 Å². The molecular weight excluding hydrogens is 252 g/mol. The fourth-order valence-electron chi connectivity index (χ4n) is 1.98. The lowest BCUT2D eigenvalue weighted by Crippen LogP contribution is -2.15. The van der Waals surface area contributed by atoms with Gasteiger partial charge in [-0.25, -0.2) is 9.29 Å². The largest absolute Gasteiger partial charge is 0.294 e. The van der Waals surface area contributed by atoms with Gasteiger partial charge in [-0.3, -0.25) is 4.79 Å². The summed E-state index contributed by atoms with van der Waals surface area (Å²) < 4.78 is 3.39. The smallest absolute Gasteiger partial charge is 0.171 e. The van der Waals surface area contributed by atoms with Crippen molar-refractivity contribution < 1.29 is 4.79 Å². The Kier molecular flexibility index (Phi) is 4.59. The van der Waals surface area contributed by atoms with Gasteiger partial charge < -0.3 is 0 Å². The number of rotatable bonds is 3. The number of thiazole rings is 1. The maximum absolute atomic E-state index is 11.4. The van der Waals surface area contributed by atoms with Gasteiger partial charge in [0.15, 0.2) is 10.1 Å². The minimum absolute atomic E-state index is 0.128. The predicted molar refractivity (Wildman–Crippen MR) is 72.8 cm³/mol. The first-order valence-corrected chi connectivity index (χ1v) is 7.67. The van der Waals surface area contributed by atoms with E-state index in [1.165, 1.54) is 37.0 Å². The third-order valence-electron chi connectivity index (χ3n) is 2.87. The Hall–Kier alpha value is -0.390. The van der Waals surface area contributed by atoms with E-state index in [2.05, 4.69) is 9.29 Å². The van der Waals surface area contributed by atoms with Crippen molar-refractivity contribution in [1.29, 1.82) is 0 Å². The third kappa shape index (κ3) is 3.53. The highest BCUT2D eigenvalue weighted by Crippen LogP contribution is 2.31. The molecule has 1 aromatic rings. The van der Waals surface area contributed by atoms with Crippen LogP contribution in [0.4, 0.5) is 0 Å². The summed E-state index contributed by atoms with van der Waals surface area (Å²) in [5.74, 6) is 0.128. The molecule has 1 fully saturated rings. The fraction of sp³-hybridized carbons (Fsp3) is 0.667. The van der Waals surface area contributed by atoms with Gasteiger partial charge in [-0.05, 0) is 31.7 Å². The molecule has 0 aromatic carbocycles. The Morgan fingerprint density at radius 1 is 1.29 bits per heavy atom. The number of ketones is 1. The molecule has 0 radical (unpaired) electrons. The van der Waals surface area contributed by atoms with E-state index in [-0.39, 0.29) is 5.78 Å². The summed E-state index contributed by atoms with van der Waals surface area (Å²) in [7, 11) is 0. The molecule has 1 aliphatic rings. The third-order valence-corrected chi connectivity index (χ3v) is 5.27. The van der Waals surface area contributed by atoms with Crippen LogP contribution in [-0.2, 0) is 0 Å². The second-order valence-corrected chi connectivity index (χ2v) is 6.73. The summed E-state index contributed by atoms with van der Waals surface area (Å²) in [6.07, 6.45) is 5.23. The van der Waals surface area contributed by atoms with Crippen LogP contribution in [-0.4, -0.2) is 28.2 Å². The number of carbonyl (C=O) groups excluding carboxylic acids is 1. The molecular formula is C12H18N2OS2. The van der Waals surface area contributed by atoms with Crippen molar-refractivity contribution >= 4 is 29.1 Å². The van der Waals surface area contributed by atoms with Crippen LogP contribution in [0.15, 0.2) is 4.34 Å². The van der Waals surface area contributed by atoms with Crippen LogP contribution in [0.25, 0.3) is 0 Å². The van der Waals surface area contributed by atoms with Crippen LogP contribution in [0.2, 0.25) is 0 Å². The van der Waals surface area contributed by atoms with Gasteiger partial charge in [0.1, 0.15) is 0 Å². The summed E-state index contributed by atoms with van der Waals surface area (Å²) in [6.45, 7) is 5.80. The van der Waals surface area contributed by atoms with E-state index in [1.807, 2.05) is 6.92 Å². The molecule has 3 nitrogen and oxygen atoms in total. The molecule has 0 atom stereocenters. The number of aryl methyl sites for hydroxylation is 1. The van der Waals surface area contributed by atoms with Crippen molar-refractivity contribution in [3.8, 4) is 0 Å². The van der Waals surface area contributed by atoms with E-state index in [0.717, 1.165) is 28.0 Å². The number of nitrogens with zero attached hydrogens (tertiary/aromatic N) is 2. The standard InChI is InChI=1S/C12H18N2OS2/c1-9-11(10(2)15)16-12(13-9)17-14-7-5-3-4-6-8-14/h3-8H2,1-2H3. The number of carbonyl (C=O) groups is 1. The Labute approximate surface area is 111 Å². The molecule has 5 heteroatoms.